The Labute approximate surface area is 111 Å². The molecule has 0 radical (unpaired) electrons. The van der Waals surface area contributed by atoms with Crippen molar-refractivity contribution in [2.75, 3.05) is 0 Å². The first-order chi connectivity index (χ1) is 7.79. The second-order valence-electron chi connectivity index (χ2n) is 6.08. The van der Waals surface area contributed by atoms with Gasteiger partial charge in [-0.05, 0) is 24.3 Å². The second-order valence-corrected chi connectivity index (χ2v) is 11.0. The third-order valence-corrected chi connectivity index (χ3v) is 10.0. The molecule has 0 bridgehead atoms. The Morgan fingerprint density at radius 2 is 1.62 bits per heavy atom. The fourth-order valence-corrected chi connectivity index (χ4v) is 9.63. The lowest BCUT2D eigenvalue weighted by atomic mass is 9.86. The lowest BCUT2D eigenvalue weighted by Gasteiger charge is -2.36. The summed E-state index contributed by atoms with van der Waals surface area (Å²) in [5.41, 5.74) is 1.23. The smallest absolute Gasteiger partial charge is 0.0399 e. The molecular formula is C14H27BrSi. The molecule has 1 heterocycles. The third kappa shape index (κ3) is 3.59. The lowest BCUT2D eigenvalue weighted by Crippen LogP contribution is -2.29. The van der Waals surface area contributed by atoms with Crippen molar-refractivity contribution in [1.29, 1.82) is 0 Å². The average molecular weight is 303 g/mol. The van der Waals surface area contributed by atoms with Crippen LogP contribution in [0.1, 0.15) is 58.3 Å². The minimum atomic E-state index is -0.323. The Morgan fingerprint density at radius 3 is 2.19 bits per heavy atom. The molecule has 2 heteroatoms. The summed E-state index contributed by atoms with van der Waals surface area (Å²) in [6.45, 7) is 2.35. The summed E-state index contributed by atoms with van der Waals surface area (Å²) in [5, 5.41) is 0. The van der Waals surface area contributed by atoms with Crippen LogP contribution in [0.3, 0.4) is 0 Å². The molecule has 0 amide bonds. The molecule has 0 aromatic heterocycles. The zero-order chi connectivity index (χ0) is 11.4. The maximum atomic E-state index is 3.79. The number of hydrogen-bond donors (Lipinski definition) is 0. The van der Waals surface area contributed by atoms with Gasteiger partial charge >= 0.3 is 0 Å². The molecule has 0 N–H and O–H groups in total. The van der Waals surface area contributed by atoms with Gasteiger partial charge in [0, 0.05) is 13.6 Å². The van der Waals surface area contributed by atoms with Gasteiger partial charge in [0.25, 0.3) is 0 Å². The lowest BCUT2D eigenvalue weighted by molar-refractivity contribution is 0.332. The molecule has 2 fully saturated rings. The van der Waals surface area contributed by atoms with Crippen molar-refractivity contribution < 1.29 is 0 Å². The van der Waals surface area contributed by atoms with Crippen LogP contribution in [-0.2, 0) is 0 Å². The summed E-state index contributed by atoms with van der Waals surface area (Å²) in [6, 6.07) is 3.28. The Bertz CT molecular complexity index is 191. The fraction of sp³-hybridized carbons (Fsp3) is 1.00. The summed E-state index contributed by atoms with van der Waals surface area (Å²) in [6.07, 6.45) is 12.2. The Kier molecular flexibility index (Phi) is 5.40. The zero-order valence-electron chi connectivity index (χ0n) is 10.8. The van der Waals surface area contributed by atoms with Gasteiger partial charge in [-0.2, -0.15) is 0 Å². The minimum Gasteiger partial charge on any atom is -0.0891 e. The van der Waals surface area contributed by atoms with Gasteiger partial charge in [0.1, 0.15) is 0 Å². The summed E-state index contributed by atoms with van der Waals surface area (Å²) < 4.78 is 0. The van der Waals surface area contributed by atoms with E-state index >= 15 is 0 Å². The Hall–Kier alpha value is 0.697. The maximum Gasteiger partial charge on any atom is 0.0399 e. The molecule has 0 aromatic rings. The standard InChI is InChI=1S/C14H27BrSi/c1-2-3-12-4-6-14(7-5-12)16-10-8-13(15)9-11-16/h12-14,16H,2-11H2,1H3/t12-,13?,14-,16?. The van der Waals surface area contributed by atoms with E-state index in [1.807, 2.05) is 0 Å². The van der Waals surface area contributed by atoms with E-state index in [0.29, 0.717) is 0 Å². The number of halogens is 1. The normalized spacial score (nSPS) is 40.9. The van der Waals surface area contributed by atoms with Crippen LogP contribution in [0.4, 0.5) is 0 Å². The van der Waals surface area contributed by atoms with Gasteiger partial charge in [-0.15, -0.1) is 0 Å². The van der Waals surface area contributed by atoms with E-state index in [4.69, 9.17) is 0 Å². The molecule has 0 spiro atoms. The number of rotatable bonds is 3. The zero-order valence-corrected chi connectivity index (χ0v) is 13.5. The third-order valence-electron chi connectivity index (χ3n) is 4.96. The number of hydrogen-bond acceptors (Lipinski definition) is 0. The first kappa shape index (κ1) is 13.1. The second kappa shape index (κ2) is 6.58. The van der Waals surface area contributed by atoms with Crippen molar-refractivity contribution >= 4 is 24.7 Å². The molecule has 1 aliphatic heterocycles. The van der Waals surface area contributed by atoms with Crippen molar-refractivity contribution in [3.8, 4) is 0 Å². The summed E-state index contributed by atoms with van der Waals surface area (Å²) in [4.78, 5) is 0.868. The van der Waals surface area contributed by atoms with Gasteiger partial charge in [-0.1, -0.05) is 73.5 Å². The molecule has 1 saturated carbocycles. The van der Waals surface area contributed by atoms with Gasteiger partial charge in [0.2, 0.25) is 0 Å². The Morgan fingerprint density at radius 1 is 1.00 bits per heavy atom. The van der Waals surface area contributed by atoms with E-state index in [1.165, 1.54) is 31.2 Å². The van der Waals surface area contributed by atoms with Gasteiger partial charge in [-0.25, -0.2) is 0 Å². The highest BCUT2D eigenvalue weighted by molar-refractivity contribution is 9.09. The molecule has 0 unspecified atom stereocenters. The largest absolute Gasteiger partial charge is 0.0891 e. The highest BCUT2D eigenvalue weighted by Crippen LogP contribution is 2.41. The monoisotopic (exact) mass is 302 g/mol. The van der Waals surface area contributed by atoms with Crippen LogP contribution in [0.25, 0.3) is 0 Å². The van der Waals surface area contributed by atoms with E-state index in [9.17, 15) is 0 Å². The van der Waals surface area contributed by atoms with E-state index in [2.05, 4.69) is 22.9 Å². The van der Waals surface area contributed by atoms with Gasteiger partial charge < -0.3 is 0 Å². The van der Waals surface area contributed by atoms with Gasteiger partial charge in [-0.3, -0.25) is 0 Å². The minimum absolute atomic E-state index is 0.323. The van der Waals surface area contributed by atoms with Crippen LogP contribution < -0.4 is 0 Å². The van der Waals surface area contributed by atoms with Gasteiger partial charge in [0.05, 0.1) is 0 Å². The molecular weight excluding hydrogens is 276 g/mol. The van der Waals surface area contributed by atoms with Crippen molar-refractivity contribution in [3.63, 3.8) is 0 Å². The van der Waals surface area contributed by atoms with E-state index in [0.717, 1.165) is 10.7 Å². The van der Waals surface area contributed by atoms with Crippen LogP contribution >= 0.6 is 15.9 Å². The summed E-state index contributed by atoms with van der Waals surface area (Å²) >= 11 is 3.79. The Balaban J connectivity index is 1.72. The number of alkyl halides is 1. The van der Waals surface area contributed by atoms with Crippen LogP contribution in [-0.4, -0.2) is 13.6 Å². The quantitative estimate of drug-likeness (QED) is 0.501. The average Bonchev–Trinajstić information content (AvgIpc) is 2.32. The predicted molar refractivity (Wildman–Crippen MR) is 79.3 cm³/mol. The topological polar surface area (TPSA) is 0 Å². The summed E-state index contributed by atoms with van der Waals surface area (Å²) in [7, 11) is -0.323. The predicted octanol–water partition coefficient (Wildman–Crippen LogP) is 5.13. The molecule has 0 aromatic carbocycles. The molecule has 2 rings (SSSR count). The summed E-state index contributed by atoms with van der Waals surface area (Å²) in [5.74, 6) is 1.10. The van der Waals surface area contributed by atoms with Crippen molar-refractivity contribution in [2.24, 2.45) is 5.92 Å². The molecule has 0 atom stereocenters. The van der Waals surface area contributed by atoms with E-state index in [1.54, 1.807) is 37.8 Å². The van der Waals surface area contributed by atoms with Crippen molar-refractivity contribution in [2.45, 2.75) is 80.7 Å². The molecule has 1 saturated heterocycles. The van der Waals surface area contributed by atoms with Gasteiger partial charge in [0.15, 0.2) is 0 Å². The van der Waals surface area contributed by atoms with Crippen LogP contribution in [0.15, 0.2) is 0 Å². The first-order valence-electron chi connectivity index (χ1n) is 7.43. The SMILES string of the molecule is CCC[C@H]1CC[C@H]([SiH]2CCC(Br)CC2)CC1. The highest BCUT2D eigenvalue weighted by Gasteiger charge is 2.30. The van der Waals surface area contributed by atoms with Crippen molar-refractivity contribution in [3.05, 3.63) is 0 Å². The molecule has 16 heavy (non-hydrogen) atoms. The molecule has 94 valence electrons. The van der Waals surface area contributed by atoms with E-state index < -0.39 is 0 Å². The fourth-order valence-electron chi connectivity index (χ4n) is 3.91. The molecule has 0 nitrogen and oxygen atoms in total. The molecule has 1 aliphatic carbocycles. The van der Waals surface area contributed by atoms with E-state index in [-0.39, 0.29) is 8.80 Å². The first-order valence-corrected chi connectivity index (χ1v) is 10.6. The maximum absolute atomic E-state index is 3.79. The van der Waals surface area contributed by atoms with Crippen LogP contribution in [0, 0.1) is 5.92 Å². The van der Waals surface area contributed by atoms with Crippen LogP contribution in [0.2, 0.25) is 17.6 Å². The molecule has 2 aliphatic rings. The van der Waals surface area contributed by atoms with Crippen molar-refractivity contribution in [1.82, 2.24) is 0 Å². The highest BCUT2D eigenvalue weighted by atomic mass is 79.9. The van der Waals surface area contributed by atoms with Crippen LogP contribution in [0.5, 0.6) is 0 Å².